The minimum atomic E-state index is -4.51. The summed E-state index contributed by atoms with van der Waals surface area (Å²) in [5.74, 6) is -0.0208. The lowest BCUT2D eigenvalue weighted by Crippen LogP contribution is -2.08. The fourth-order valence-electron chi connectivity index (χ4n) is 2.93. The molecule has 0 fully saturated rings. The monoisotopic (exact) mass is 452 g/mol. The van der Waals surface area contributed by atoms with E-state index in [1.165, 1.54) is 13.2 Å². The fourth-order valence-corrected chi connectivity index (χ4v) is 3.17. The van der Waals surface area contributed by atoms with Gasteiger partial charge in [-0.15, -0.1) is 10.2 Å². The van der Waals surface area contributed by atoms with Crippen LogP contribution in [0.5, 0.6) is 5.75 Å². The molecule has 1 aromatic heterocycles. The van der Waals surface area contributed by atoms with Crippen LogP contribution in [0.3, 0.4) is 0 Å². The Morgan fingerprint density at radius 2 is 1.74 bits per heavy atom. The van der Waals surface area contributed by atoms with E-state index in [0.717, 1.165) is 17.7 Å². The van der Waals surface area contributed by atoms with E-state index in [2.05, 4.69) is 10.2 Å². The summed E-state index contributed by atoms with van der Waals surface area (Å²) in [6.07, 6.45) is -4.51. The zero-order valence-electron chi connectivity index (χ0n) is 16.9. The second kappa shape index (κ2) is 10.1. The van der Waals surface area contributed by atoms with Crippen molar-refractivity contribution in [1.29, 1.82) is 0 Å². The van der Waals surface area contributed by atoms with Gasteiger partial charge in [0.05, 0.1) is 18.8 Å². The van der Waals surface area contributed by atoms with Crippen molar-refractivity contribution in [3.05, 3.63) is 75.9 Å². The van der Waals surface area contributed by atoms with Gasteiger partial charge < -0.3 is 14.2 Å². The van der Waals surface area contributed by atoms with E-state index in [-0.39, 0.29) is 24.3 Å². The second-order valence-corrected chi connectivity index (χ2v) is 7.04. The summed E-state index contributed by atoms with van der Waals surface area (Å²) in [6.45, 7) is 2.07. The first kappa shape index (κ1) is 23.0. The van der Waals surface area contributed by atoms with Crippen molar-refractivity contribution in [1.82, 2.24) is 10.2 Å². The number of ether oxygens (including phenoxy) is 3. The molecule has 0 saturated heterocycles. The molecule has 2 aromatic carbocycles. The molecule has 9 heteroatoms. The molecule has 0 saturated carbocycles. The van der Waals surface area contributed by atoms with Crippen molar-refractivity contribution >= 4 is 11.6 Å². The van der Waals surface area contributed by atoms with E-state index in [9.17, 15) is 13.2 Å². The normalized spacial score (nSPS) is 11.5. The Balaban J connectivity index is 1.92. The Morgan fingerprint density at radius 3 is 2.42 bits per heavy atom. The number of rotatable bonds is 8. The number of alkyl halides is 3. The van der Waals surface area contributed by atoms with E-state index in [0.29, 0.717) is 29.0 Å². The van der Waals surface area contributed by atoms with Gasteiger partial charge in [-0.3, -0.25) is 0 Å². The molecule has 5 nitrogen and oxygen atoms in total. The molecule has 0 amide bonds. The van der Waals surface area contributed by atoms with Crippen molar-refractivity contribution in [2.24, 2.45) is 0 Å². The second-order valence-electron chi connectivity index (χ2n) is 6.68. The van der Waals surface area contributed by atoms with Gasteiger partial charge in [-0.2, -0.15) is 13.2 Å². The number of nitrogens with zero attached hydrogens (tertiary/aromatic N) is 2. The molecule has 0 radical (unpaired) electrons. The first-order valence-electron chi connectivity index (χ1n) is 9.28. The molecule has 0 unspecified atom stereocenters. The summed E-state index contributed by atoms with van der Waals surface area (Å²) < 4.78 is 55.5. The van der Waals surface area contributed by atoms with Gasteiger partial charge >= 0.3 is 6.18 Å². The molecule has 31 heavy (non-hydrogen) atoms. The van der Waals surface area contributed by atoms with Crippen molar-refractivity contribution in [2.45, 2.75) is 26.3 Å². The number of hydrogen-bond donors (Lipinski definition) is 0. The first-order chi connectivity index (χ1) is 14.8. The number of methoxy groups -OCH3 is 1. The molecule has 0 aliphatic heterocycles. The van der Waals surface area contributed by atoms with Crippen LogP contribution in [0.25, 0.3) is 11.3 Å². The molecule has 0 aliphatic carbocycles. The third-order valence-electron chi connectivity index (χ3n) is 4.55. The first-order valence-corrected chi connectivity index (χ1v) is 9.65. The molecule has 3 aromatic rings. The van der Waals surface area contributed by atoms with Crippen LogP contribution in [-0.4, -0.2) is 24.1 Å². The highest BCUT2D eigenvalue weighted by molar-refractivity contribution is 6.30. The van der Waals surface area contributed by atoms with Gasteiger partial charge in [0.15, 0.2) is 11.9 Å². The highest BCUT2D eigenvalue weighted by Gasteiger charge is 2.32. The van der Waals surface area contributed by atoms with E-state index >= 15 is 0 Å². The third-order valence-corrected chi connectivity index (χ3v) is 4.85. The van der Waals surface area contributed by atoms with Crippen molar-refractivity contribution < 1.29 is 27.4 Å². The van der Waals surface area contributed by atoms with Crippen molar-refractivity contribution in [3.63, 3.8) is 0 Å². The number of hydrogen-bond acceptors (Lipinski definition) is 5. The van der Waals surface area contributed by atoms with Crippen LogP contribution in [0.1, 0.15) is 22.3 Å². The number of aromatic nitrogens is 2. The molecular weight excluding hydrogens is 433 g/mol. The Labute approximate surface area is 182 Å². The summed E-state index contributed by atoms with van der Waals surface area (Å²) in [4.78, 5) is 0. The molecule has 3 rings (SSSR count). The highest BCUT2D eigenvalue weighted by atomic mass is 35.5. The van der Waals surface area contributed by atoms with E-state index in [4.69, 9.17) is 25.8 Å². The molecule has 0 aliphatic rings. The van der Waals surface area contributed by atoms with Crippen LogP contribution in [0.4, 0.5) is 13.2 Å². The van der Waals surface area contributed by atoms with Crippen LogP contribution in [0.15, 0.2) is 48.5 Å². The molecule has 0 bridgehead atoms. The lowest BCUT2D eigenvalue weighted by atomic mass is 10.0. The average molecular weight is 453 g/mol. The maximum Gasteiger partial charge on any atom is 0.416 e. The summed E-state index contributed by atoms with van der Waals surface area (Å²) in [7, 11) is 1.38. The Hall–Kier alpha value is -2.68. The SMILES string of the molecule is COCOc1cc(C(F)(F)F)ccc1-c1nnc(Cl)c(COCc2ccccc2)c1C. The quantitative estimate of drug-likeness (QED) is 0.403. The van der Waals surface area contributed by atoms with Gasteiger partial charge in [-0.25, -0.2) is 0 Å². The Morgan fingerprint density at radius 1 is 1.00 bits per heavy atom. The fraction of sp³-hybridized carbons (Fsp3) is 0.273. The molecule has 164 valence electrons. The van der Waals surface area contributed by atoms with Crippen LogP contribution in [-0.2, 0) is 28.9 Å². The zero-order chi connectivity index (χ0) is 22.4. The van der Waals surface area contributed by atoms with Crippen LogP contribution in [0.2, 0.25) is 5.15 Å². The third kappa shape index (κ3) is 5.72. The number of benzene rings is 2. The van der Waals surface area contributed by atoms with Crippen LogP contribution in [0, 0.1) is 6.92 Å². The summed E-state index contributed by atoms with van der Waals surface area (Å²) in [6, 6.07) is 12.8. The molecule has 0 spiro atoms. The van der Waals surface area contributed by atoms with E-state index in [1.54, 1.807) is 6.92 Å². The van der Waals surface area contributed by atoms with Crippen molar-refractivity contribution in [3.8, 4) is 17.0 Å². The van der Waals surface area contributed by atoms with Crippen LogP contribution >= 0.6 is 11.6 Å². The molecule has 1 heterocycles. The summed E-state index contributed by atoms with van der Waals surface area (Å²) >= 11 is 6.23. The zero-order valence-corrected chi connectivity index (χ0v) is 17.6. The molecule has 0 N–H and O–H groups in total. The topological polar surface area (TPSA) is 53.5 Å². The molecule has 0 atom stereocenters. The number of halogens is 4. The maximum absolute atomic E-state index is 13.2. The van der Waals surface area contributed by atoms with Crippen LogP contribution < -0.4 is 4.74 Å². The summed E-state index contributed by atoms with van der Waals surface area (Å²) in [5, 5.41) is 8.22. The minimum Gasteiger partial charge on any atom is -0.467 e. The van der Waals surface area contributed by atoms with Gasteiger partial charge in [-0.05, 0) is 36.2 Å². The van der Waals surface area contributed by atoms with Gasteiger partial charge in [0.2, 0.25) is 0 Å². The Bertz CT molecular complexity index is 1030. The average Bonchev–Trinajstić information content (AvgIpc) is 2.75. The van der Waals surface area contributed by atoms with Gasteiger partial charge in [0, 0.05) is 18.2 Å². The van der Waals surface area contributed by atoms with E-state index < -0.39 is 11.7 Å². The van der Waals surface area contributed by atoms with Gasteiger partial charge in [-0.1, -0.05) is 41.9 Å². The molecular formula is C22H20ClF3N2O3. The summed E-state index contributed by atoms with van der Waals surface area (Å²) in [5.41, 5.74) is 2.08. The van der Waals surface area contributed by atoms with Gasteiger partial charge in [0.1, 0.15) is 11.4 Å². The Kier molecular flexibility index (Phi) is 7.48. The largest absolute Gasteiger partial charge is 0.467 e. The standard InChI is InChI=1S/C22H20ClF3N2O3/c1-14-18(12-30-11-15-6-4-3-5-7-15)21(23)28-27-20(14)17-9-8-16(22(24,25)26)10-19(17)31-13-29-2/h3-10H,11-13H2,1-2H3. The lowest BCUT2D eigenvalue weighted by molar-refractivity contribution is -0.137. The van der Waals surface area contributed by atoms with E-state index in [1.807, 2.05) is 30.3 Å². The highest BCUT2D eigenvalue weighted by Crippen LogP contribution is 2.38. The smallest absolute Gasteiger partial charge is 0.416 e. The van der Waals surface area contributed by atoms with Crippen molar-refractivity contribution in [2.75, 3.05) is 13.9 Å². The predicted octanol–water partition coefficient (Wildman–Crippen LogP) is 5.82. The maximum atomic E-state index is 13.2. The lowest BCUT2D eigenvalue weighted by Gasteiger charge is -2.16. The minimum absolute atomic E-state index is 0.0208. The predicted molar refractivity (Wildman–Crippen MR) is 110 cm³/mol. The van der Waals surface area contributed by atoms with Gasteiger partial charge in [0.25, 0.3) is 0 Å².